The van der Waals surface area contributed by atoms with Gasteiger partial charge >= 0.3 is 11.9 Å². The molecule has 1 unspecified atom stereocenters. The van der Waals surface area contributed by atoms with Crippen molar-refractivity contribution in [2.45, 2.75) is 57.7 Å². The number of aliphatic carboxylic acids is 1. The maximum absolute atomic E-state index is 11.6. The molecular weight excluding hydrogens is 224 g/mol. The molecule has 0 saturated heterocycles. The van der Waals surface area contributed by atoms with Crippen LogP contribution in [0, 0.1) is 5.92 Å². The summed E-state index contributed by atoms with van der Waals surface area (Å²) in [6.07, 6.45) is 1.40. The van der Waals surface area contributed by atoms with Gasteiger partial charge in [0, 0.05) is 0 Å². The van der Waals surface area contributed by atoms with Crippen LogP contribution in [0.3, 0.4) is 0 Å². The highest BCUT2D eigenvalue weighted by Gasteiger charge is 2.47. The number of aliphatic hydroxyl groups is 1. The van der Waals surface area contributed by atoms with Gasteiger partial charge in [0.15, 0.2) is 0 Å². The summed E-state index contributed by atoms with van der Waals surface area (Å²) in [5, 5.41) is 19.1. The highest BCUT2D eigenvalue weighted by Crippen LogP contribution is 2.40. The molecule has 2 N–H and O–H groups in total. The Bertz CT molecular complexity index is 311. The summed E-state index contributed by atoms with van der Waals surface area (Å²) in [5.41, 5.74) is -1.87. The van der Waals surface area contributed by atoms with E-state index in [1.807, 2.05) is 0 Å². The van der Waals surface area contributed by atoms with Gasteiger partial charge in [0.2, 0.25) is 0 Å². The molecule has 0 aromatic rings. The van der Waals surface area contributed by atoms with Crippen molar-refractivity contribution in [1.29, 1.82) is 0 Å². The lowest BCUT2D eigenvalue weighted by Crippen LogP contribution is -2.49. The van der Waals surface area contributed by atoms with Gasteiger partial charge in [-0.25, -0.2) is 0 Å². The minimum Gasteiger partial charge on any atom is -0.481 e. The van der Waals surface area contributed by atoms with Crippen molar-refractivity contribution < 1.29 is 24.5 Å². The minimum absolute atomic E-state index is 0.275. The summed E-state index contributed by atoms with van der Waals surface area (Å²) < 4.78 is 5.07. The lowest BCUT2D eigenvalue weighted by Gasteiger charge is -2.41. The van der Waals surface area contributed by atoms with Gasteiger partial charge in [-0.1, -0.05) is 0 Å². The van der Waals surface area contributed by atoms with Crippen LogP contribution in [0.1, 0.15) is 46.5 Å². The van der Waals surface area contributed by atoms with Crippen LogP contribution < -0.4 is 0 Å². The first-order chi connectivity index (χ1) is 7.64. The monoisotopic (exact) mass is 244 g/mol. The van der Waals surface area contributed by atoms with Crippen LogP contribution in [-0.4, -0.2) is 33.4 Å². The third kappa shape index (κ3) is 3.70. The van der Waals surface area contributed by atoms with Crippen LogP contribution in [0.25, 0.3) is 0 Å². The summed E-state index contributed by atoms with van der Waals surface area (Å²) in [5.74, 6) is -2.78. The number of rotatable bonds is 4. The molecular formula is C12H20O5. The van der Waals surface area contributed by atoms with Crippen molar-refractivity contribution in [1.82, 2.24) is 0 Å². The summed E-state index contributed by atoms with van der Waals surface area (Å²) in [7, 11) is 0. The second kappa shape index (κ2) is 4.64. The normalized spacial score (nSPS) is 20.2. The average Bonchev–Trinajstić information content (AvgIpc) is 2.07. The zero-order valence-corrected chi connectivity index (χ0v) is 10.5. The van der Waals surface area contributed by atoms with Crippen LogP contribution >= 0.6 is 0 Å². The van der Waals surface area contributed by atoms with E-state index >= 15 is 0 Å². The van der Waals surface area contributed by atoms with Crippen LogP contribution in [0.5, 0.6) is 0 Å². The number of hydrogen-bond acceptors (Lipinski definition) is 4. The minimum atomic E-state index is -1.23. The summed E-state index contributed by atoms with van der Waals surface area (Å²) >= 11 is 0. The molecule has 98 valence electrons. The fourth-order valence-electron chi connectivity index (χ4n) is 1.94. The number of carbonyl (C=O) groups is 2. The quantitative estimate of drug-likeness (QED) is 0.729. The Kier molecular flexibility index (Phi) is 3.81. The maximum atomic E-state index is 11.6. The van der Waals surface area contributed by atoms with Crippen LogP contribution in [0.2, 0.25) is 0 Å². The lowest BCUT2D eigenvalue weighted by atomic mass is 9.70. The van der Waals surface area contributed by atoms with E-state index < -0.39 is 29.1 Å². The van der Waals surface area contributed by atoms with Crippen molar-refractivity contribution in [2.75, 3.05) is 0 Å². The highest BCUT2D eigenvalue weighted by atomic mass is 16.6. The molecule has 5 nitrogen and oxygen atoms in total. The van der Waals surface area contributed by atoms with Gasteiger partial charge in [0.1, 0.15) is 5.60 Å². The van der Waals surface area contributed by atoms with E-state index in [9.17, 15) is 14.7 Å². The first-order valence-electron chi connectivity index (χ1n) is 5.81. The smallest absolute Gasteiger partial charge is 0.310 e. The van der Waals surface area contributed by atoms with Gasteiger partial charge in [0.25, 0.3) is 0 Å². The molecule has 0 bridgehead atoms. The van der Waals surface area contributed by atoms with Crippen molar-refractivity contribution in [3.8, 4) is 0 Å². The van der Waals surface area contributed by atoms with Gasteiger partial charge < -0.3 is 14.9 Å². The van der Waals surface area contributed by atoms with Crippen LogP contribution in [0.15, 0.2) is 0 Å². The van der Waals surface area contributed by atoms with E-state index in [0.717, 1.165) is 6.42 Å². The van der Waals surface area contributed by atoms with E-state index in [-0.39, 0.29) is 6.42 Å². The van der Waals surface area contributed by atoms with Gasteiger partial charge in [-0.2, -0.15) is 0 Å². The van der Waals surface area contributed by atoms with E-state index in [4.69, 9.17) is 9.84 Å². The predicted octanol–water partition coefficient (Wildman–Crippen LogP) is 1.33. The molecule has 1 aliphatic carbocycles. The molecule has 5 heteroatoms. The molecule has 0 amide bonds. The zero-order chi connectivity index (χ0) is 13.3. The van der Waals surface area contributed by atoms with Crippen LogP contribution in [-0.2, 0) is 14.3 Å². The molecule has 1 aliphatic rings. The first-order valence-corrected chi connectivity index (χ1v) is 5.81. The molecule has 0 aliphatic heterocycles. The summed E-state index contributed by atoms with van der Waals surface area (Å²) in [6, 6.07) is 0. The Morgan fingerprint density at radius 3 is 2.18 bits per heavy atom. The summed E-state index contributed by atoms with van der Waals surface area (Å²) in [4.78, 5) is 22.6. The van der Waals surface area contributed by atoms with Gasteiger partial charge in [-0.05, 0) is 40.0 Å². The number of hydrogen-bond donors (Lipinski definition) is 2. The van der Waals surface area contributed by atoms with E-state index in [0.29, 0.717) is 12.8 Å². The van der Waals surface area contributed by atoms with E-state index in [1.165, 1.54) is 0 Å². The molecule has 0 aromatic heterocycles. The predicted molar refractivity (Wildman–Crippen MR) is 60.4 cm³/mol. The molecule has 0 aromatic carbocycles. The van der Waals surface area contributed by atoms with Gasteiger partial charge in [-0.3, -0.25) is 9.59 Å². The number of carboxylic acids is 1. The highest BCUT2D eigenvalue weighted by molar-refractivity contribution is 5.80. The van der Waals surface area contributed by atoms with Gasteiger partial charge in [-0.15, -0.1) is 0 Å². The van der Waals surface area contributed by atoms with Crippen molar-refractivity contribution in [3.05, 3.63) is 0 Å². The number of esters is 1. The second-order valence-electron chi connectivity index (χ2n) is 5.64. The third-order valence-electron chi connectivity index (χ3n) is 2.96. The Morgan fingerprint density at radius 1 is 1.35 bits per heavy atom. The average molecular weight is 244 g/mol. The molecule has 17 heavy (non-hydrogen) atoms. The second-order valence-corrected chi connectivity index (χ2v) is 5.64. The Labute approximate surface area is 101 Å². The van der Waals surface area contributed by atoms with E-state index in [2.05, 4.69) is 0 Å². The number of ether oxygens (including phenoxy) is 1. The molecule has 1 atom stereocenters. The zero-order valence-electron chi connectivity index (χ0n) is 10.5. The first kappa shape index (κ1) is 14.0. The Hall–Kier alpha value is -1.10. The molecule has 1 saturated carbocycles. The molecule has 1 rings (SSSR count). The fraction of sp³-hybridized carbons (Fsp3) is 0.833. The maximum Gasteiger partial charge on any atom is 0.310 e. The standard InChI is InChI=1S/C12H20O5/c1-11(2,3)17-9(13)7-8(10(14)15)12(16)5-4-6-12/h8,16H,4-7H2,1-3H3,(H,14,15). The van der Waals surface area contributed by atoms with Gasteiger partial charge in [0.05, 0.1) is 17.9 Å². The topological polar surface area (TPSA) is 83.8 Å². The molecule has 1 fully saturated rings. The van der Waals surface area contributed by atoms with Crippen molar-refractivity contribution in [3.63, 3.8) is 0 Å². The molecule has 0 heterocycles. The Balaban J connectivity index is 2.62. The largest absolute Gasteiger partial charge is 0.481 e. The molecule has 0 spiro atoms. The third-order valence-corrected chi connectivity index (χ3v) is 2.96. The molecule has 0 radical (unpaired) electrons. The SMILES string of the molecule is CC(C)(C)OC(=O)CC(C(=O)O)C1(O)CCC1. The number of carbonyl (C=O) groups excluding carboxylic acids is 1. The lowest BCUT2D eigenvalue weighted by molar-refractivity contribution is -0.173. The van der Waals surface area contributed by atoms with Crippen LogP contribution in [0.4, 0.5) is 0 Å². The Morgan fingerprint density at radius 2 is 1.88 bits per heavy atom. The number of carboxylic acid groups (broad SMARTS) is 1. The van der Waals surface area contributed by atoms with E-state index in [1.54, 1.807) is 20.8 Å². The van der Waals surface area contributed by atoms with Crippen molar-refractivity contribution in [2.24, 2.45) is 5.92 Å². The fourth-order valence-corrected chi connectivity index (χ4v) is 1.94. The summed E-state index contributed by atoms with van der Waals surface area (Å²) in [6.45, 7) is 5.16. The van der Waals surface area contributed by atoms with Crippen molar-refractivity contribution >= 4 is 11.9 Å².